The lowest BCUT2D eigenvalue weighted by atomic mass is 10.1. The van der Waals surface area contributed by atoms with Gasteiger partial charge in [0.2, 0.25) is 5.91 Å². The minimum Gasteiger partial charge on any atom is -0.383 e. The first-order valence-corrected chi connectivity index (χ1v) is 6.70. The number of carbonyl (C=O) groups excluding carboxylic acids is 1. The van der Waals surface area contributed by atoms with Gasteiger partial charge in [0, 0.05) is 26.7 Å². The van der Waals surface area contributed by atoms with Crippen LogP contribution < -0.4 is 16.0 Å². The number of hydrogen-bond acceptors (Lipinski definition) is 4. The van der Waals surface area contributed by atoms with Gasteiger partial charge in [-0.2, -0.15) is 0 Å². The highest BCUT2D eigenvalue weighted by Crippen LogP contribution is 2.24. The van der Waals surface area contributed by atoms with E-state index in [2.05, 4.69) is 5.32 Å². The third-order valence-corrected chi connectivity index (χ3v) is 2.93. The summed E-state index contributed by atoms with van der Waals surface area (Å²) >= 11 is 0. The van der Waals surface area contributed by atoms with Gasteiger partial charge in [0.25, 0.3) is 0 Å². The number of hydrogen-bond donors (Lipinski definition) is 2. The Morgan fingerprint density at radius 1 is 1.38 bits per heavy atom. The van der Waals surface area contributed by atoms with Crippen molar-refractivity contribution in [1.29, 1.82) is 0 Å². The number of nitrogens with zero attached hydrogens (tertiary/aromatic N) is 1. The molecule has 1 aromatic rings. The molecule has 1 rings (SSSR count). The van der Waals surface area contributed by atoms with Crippen molar-refractivity contribution in [2.45, 2.75) is 13.5 Å². The average Bonchev–Trinajstić information content (AvgIpc) is 2.41. The van der Waals surface area contributed by atoms with E-state index in [0.29, 0.717) is 25.3 Å². The Balaban J connectivity index is 2.85. The molecule has 0 aromatic heterocycles. The van der Waals surface area contributed by atoms with E-state index in [-0.39, 0.29) is 18.8 Å². The van der Waals surface area contributed by atoms with Crippen LogP contribution in [0, 0.1) is 11.6 Å². The molecule has 0 atom stereocenters. The van der Waals surface area contributed by atoms with Gasteiger partial charge in [0.1, 0.15) is 17.3 Å². The Labute approximate surface area is 123 Å². The molecule has 0 saturated heterocycles. The highest BCUT2D eigenvalue weighted by molar-refractivity contribution is 5.79. The Kier molecular flexibility index (Phi) is 7.04. The zero-order valence-corrected chi connectivity index (χ0v) is 12.3. The fourth-order valence-corrected chi connectivity index (χ4v) is 1.97. The Morgan fingerprint density at radius 2 is 2.00 bits per heavy atom. The van der Waals surface area contributed by atoms with Gasteiger partial charge in [-0.15, -0.1) is 0 Å². The molecule has 0 unspecified atom stereocenters. The number of halogens is 2. The van der Waals surface area contributed by atoms with Crippen LogP contribution in [0.5, 0.6) is 0 Å². The van der Waals surface area contributed by atoms with E-state index in [9.17, 15) is 13.6 Å². The number of primary amides is 1. The Morgan fingerprint density at radius 3 is 2.48 bits per heavy atom. The molecule has 7 heteroatoms. The summed E-state index contributed by atoms with van der Waals surface area (Å²) in [5, 5.41) is 3.01. The maximum absolute atomic E-state index is 14.1. The zero-order chi connectivity index (χ0) is 15.8. The second-order valence-corrected chi connectivity index (χ2v) is 4.56. The summed E-state index contributed by atoms with van der Waals surface area (Å²) in [6.07, 6.45) is 0. The van der Waals surface area contributed by atoms with Crippen molar-refractivity contribution in [3.8, 4) is 0 Å². The number of anilines is 1. The number of nitrogens with one attached hydrogen (secondary N) is 1. The Hall–Kier alpha value is -1.73. The molecule has 1 amide bonds. The number of rotatable bonds is 9. The molecular weight excluding hydrogens is 280 g/mol. The molecule has 118 valence electrons. The number of amides is 1. The number of nitrogens with two attached hydrogens (primary N) is 1. The van der Waals surface area contributed by atoms with Crippen LogP contribution in [0.1, 0.15) is 12.5 Å². The van der Waals surface area contributed by atoms with Crippen LogP contribution in [-0.2, 0) is 16.1 Å². The lowest BCUT2D eigenvalue weighted by molar-refractivity contribution is -0.116. The molecule has 0 heterocycles. The SMILES string of the molecule is CCN(CC(N)=O)c1c(F)cc(CNCCOC)cc1F. The molecule has 0 saturated carbocycles. The van der Waals surface area contributed by atoms with Crippen molar-refractivity contribution in [3.05, 3.63) is 29.3 Å². The van der Waals surface area contributed by atoms with Crippen molar-refractivity contribution in [2.24, 2.45) is 5.73 Å². The molecule has 1 aromatic carbocycles. The minimum absolute atomic E-state index is 0.225. The minimum atomic E-state index is -0.707. The van der Waals surface area contributed by atoms with Crippen LogP contribution in [0.4, 0.5) is 14.5 Å². The normalized spacial score (nSPS) is 10.7. The maximum atomic E-state index is 14.1. The van der Waals surface area contributed by atoms with Crippen LogP contribution in [0.3, 0.4) is 0 Å². The highest BCUT2D eigenvalue weighted by atomic mass is 19.1. The van der Waals surface area contributed by atoms with Crippen molar-refractivity contribution < 1.29 is 18.3 Å². The summed E-state index contributed by atoms with van der Waals surface area (Å²) in [6.45, 7) is 3.19. The molecule has 0 spiro atoms. The summed E-state index contributed by atoms with van der Waals surface area (Å²) in [6, 6.07) is 2.50. The van der Waals surface area contributed by atoms with E-state index in [1.807, 2.05) is 0 Å². The maximum Gasteiger partial charge on any atom is 0.236 e. The van der Waals surface area contributed by atoms with Crippen LogP contribution >= 0.6 is 0 Å². The predicted molar refractivity (Wildman–Crippen MR) is 77.0 cm³/mol. The number of ether oxygens (including phenoxy) is 1. The van der Waals surface area contributed by atoms with Gasteiger partial charge >= 0.3 is 0 Å². The molecule has 3 N–H and O–H groups in total. The third kappa shape index (κ3) is 5.28. The fraction of sp³-hybridized carbons (Fsp3) is 0.500. The first kappa shape index (κ1) is 17.3. The van der Waals surface area contributed by atoms with Crippen LogP contribution in [0.25, 0.3) is 0 Å². The van der Waals surface area contributed by atoms with E-state index in [4.69, 9.17) is 10.5 Å². The standard InChI is InChI=1S/C14H21F2N3O2/c1-3-19(9-13(17)20)14-11(15)6-10(7-12(14)16)8-18-4-5-21-2/h6-7,18H,3-5,8-9H2,1-2H3,(H2,17,20). The molecular formula is C14H21F2N3O2. The largest absolute Gasteiger partial charge is 0.383 e. The van der Waals surface area contributed by atoms with E-state index in [1.165, 1.54) is 17.0 Å². The van der Waals surface area contributed by atoms with Crippen LogP contribution in [0.15, 0.2) is 12.1 Å². The van der Waals surface area contributed by atoms with Crippen molar-refractivity contribution in [3.63, 3.8) is 0 Å². The second kappa shape index (κ2) is 8.53. The average molecular weight is 301 g/mol. The zero-order valence-electron chi connectivity index (χ0n) is 12.3. The number of benzene rings is 1. The molecule has 0 aliphatic carbocycles. The van der Waals surface area contributed by atoms with Gasteiger partial charge in [-0.05, 0) is 24.6 Å². The van der Waals surface area contributed by atoms with Crippen LogP contribution in [-0.4, -0.2) is 39.3 Å². The first-order chi connectivity index (χ1) is 9.99. The third-order valence-electron chi connectivity index (χ3n) is 2.93. The second-order valence-electron chi connectivity index (χ2n) is 4.56. The number of carbonyl (C=O) groups is 1. The van der Waals surface area contributed by atoms with E-state index >= 15 is 0 Å². The summed E-state index contributed by atoms with van der Waals surface area (Å²) in [4.78, 5) is 12.2. The first-order valence-electron chi connectivity index (χ1n) is 6.70. The van der Waals surface area contributed by atoms with E-state index < -0.39 is 17.5 Å². The summed E-state index contributed by atoms with van der Waals surface area (Å²) in [5.74, 6) is -2.05. The van der Waals surface area contributed by atoms with Gasteiger partial charge in [0.15, 0.2) is 0 Å². The molecule has 0 bridgehead atoms. The van der Waals surface area contributed by atoms with Gasteiger partial charge in [-0.25, -0.2) is 8.78 Å². The van der Waals surface area contributed by atoms with Gasteiger partial charge in [0.05, 0.1) is 13.2 Å². The molecule has 0 radical (unpaired) electrons. The van der Waals surface area contributed by atoms with E-state index in [1.54, 1.807) is 14.0 Å². The number of methoxy groups -OCH3 is 1. The summed E-state index contributed by atoms with van der Waals surface area (Å²) < 4.78 is 33.0. The summed E-state index contributed by atoms with van der Waals surface area (Å²) in [7, 11) is 1.58. The van der Waals surface area contributed by atoms with Gasteiger partial charge in [-0.1, -0.05) is 0 Å². The Bertz CT molecular complexity index is 460. The van der Waals surface area contributed by atoms with Gasteiger partial charge in [-0.3, -0.25) is 4.79 Å². The van der Waals surface area contributed by atoms with Crippen molar-refractivity contribution in [2.75, 3.05) is 38.3 Å². The molecule has 21 heavy (non-hydrogen) atoms. The molecule has 0 aliphatic rings. The lowest BCUT2D eigenvalue weighted by Gasteiger charge is -2.23. The quantitative estimate of drug-likeness (QED) is 0.668. The number of likely N-dealkylation sites (N-methyl/N-ethyl adjacent to an activating group) is 1. The van der Waals surface area contributed by atoms with E-state index in [0.717, 1.165) is 0 Å². The van der Waals surface area contributed by atoms with Crippen molar-refractivity contribution in [1.82, 2.24) is 5.32 Å². The molecule has 0 aliphatic heterocycles. The predicted octanol–water partition coefficient (Wildman–Crippen LogP) is 1.01. The van der Waals surface area contributed by atoms with Crippen LogP contribution in [0.2, 0.25) is 0 Å². The van der Waals surface area contributed by atoms with Crippen molar-refractivity contribution >= 4 is 11.6 Å². The lowest BCUT2D eigenvalue weighted by Crippen LogP contribution is -2.34. The summed E-state index contributed by atoms with van der Waals surface area (Å²) in [5.41, 5.74) is 5.34. The fourth-order valence-electron chi connectivity index (χ4n) is 1.97. The topological polar surface area (TPSA) is 67.6 Å². The molecule has 5 nitrogen and oxygen atoms in total. The monoisotopic (exact) mass is 301 g/mol. The molecule has 0 fully saturated rings. The van der Waals surface area contributed by atoms with Gasteiger partial charge < -0.3 is 20.7 Å². The smallest absolute Gasteiger partial charge is 0.236 e. The highest BCUT2D eigenvalue weighted by Gasteiger charge is 2.18.